The van der Waals surface area contributed by atoms with Crippen molar-refractivity contribution in [2.45, 2.75) is 38.6 Å². The fraction of sp³-hybridized carbons (Fsp3) is 0.412. The van der Waals surface area contributed by atoms with E-state index in [9.17, 15) is 9.59 Å². The van der Waals surface area contributed by atoms with Gasteiger partial charge in [-0.2, -0.15) is 0 Å². The number of carbonyl (C=O) groups excluding carboxylic acids is 2. The molecule has 0 aliphatic carbocycles. The van der Waals surface area contributed by atoms with Crippen LogP contribution in [0.1, 0.15) is 48.3 Å². The van der Waals surface area contributed by atoms with E-state index in [0.717, 1.165) is 30.6 Å². The second-order valence-corrected chi connectivity index (χ2v) is 5.86. The summed E-state index contributed by atoms with van der Waals surface area (Å²) in [5, 5.41) is 1.18. The summed E-state index contributed by atoms with van der Waals surface area (Å²) in [7, 11) is 0. The van der Waals surface area contributed by atoms with Crippen LogP contribution in [0.2, 0.25) is 0 Å². The quantitative estimate of drug-likeness (QED) is 0.807. The predicted molar refractivity (Wildman–Crippen MR) is 80.2 cm³/mol. The Morgan fingerprint density at radius 3 is 2.90 bits per heavy atom. The topological polar surface area (TPSA) is 42.3 Å². The maximum absolute atomic E-state index is 12.4. The van der Waals surface area contributed by atoms with Gasteiger partial charge >= 0.3 is 0 Å². The van der Waals surface area contributed by atoms with Crippen molar-refractivity contribution in [2.75, 3.05) is 6.54 Å². The van der Waals surface area contributed by atoms with E-state index < -0.39 is 0 Å². The molecule has 1 unspecified atom stereocenters. The van der Waals surface area contributed by atoms with Gasteiger partial charge in [0, 0.05) is 24.8 Å². The Kier molecular flexibility index (Phi) is 2.67. The number of amides is 1. The molecule has 1 atom stereocenters. The largest absolute Gasteiger partial charge is 0.334 e. The third-order valence-corrected chi connectivity index (χ3v) is 4.82. The Morgan fingerprint density at radius 1 is 1.29 bits per heavy atom. The summed E-state index contributed by atoms with van der Waals surface area (Å²) < 4.78 is 1.87. The maximum atomic E-state index is 12.4. The van der Waals surface area contributed by atoms with E-state index in [1.54, 1.807) is 0 Å². The number of nitrogens with zero attached hydrogens (tertiary/aromatic N) is 2. The Hall–Kier alpha value is -2.10. The highest BCUT2D eigenvalue weighted by atomic mass is 16.2. The van der Waals surface area contributed by atoms with E-state index in [0.29, 0.717) is 12.8 Å². The molecule has 0 saturated heterocycles. The van der Waals surface area contributed by atoms with Crippen LogP contribution in [0.5, 0.6) is 0 Å². The lowest BCUT2D eigenvalue weighted by atomic mass is 9.92. The SMILES string of the molecule is CCC(=O)N1CCc2c3n(c4ccccc24)C(=O)CCC31. The molecule has 4 nitrogen and oxygen atoms in total. The van der Waals surface area contributed by atoms with Crippen molar-refractivity contribution in [2.24, 2.45) is 0 Å². The molecule has 4 rings (SSSR count). The number of carbonyl (C=O) groups is 2. The first-order valence-corrected chi connectivity index (χ1v) is 7.67. The van der Waals surface area contributed by atoms with Crippen molar-refractivity contribution >= 4 is 22.7 Å². The number of benzene rings is 1. The summed E-state index contributed by atoms with van der Waals surface area (Å²) in [6.45, 7) is 2.67. The molecule has 4 heteroatoms. The summed E-state index contributed by atoms with van der Waals surface area (Å²) in [6.07, 6.45) is 2.65. The molecule has 21 heavy (non-hydrogen) atoms. The Bertz CT molecular complexity index is 759. The van der Waals surface area contributed by atoms with Gasteiger partial charge in [0.1, 0.15) is 0 Å². The molecule has 0 radical (unpaired) electrons. The van der Waals surface area contributed by atoms with E-state index in [-0.39, 0.29) is 17.9 Å². The molecule has 3 heterocycles. The molecular weight excluding hydrogens is 264 g/mol. The minimum atomic E-state index is 0.0753. The van der Waals surface area contributed by atoms with Gasteiger partial charge in [-0.1, -0.05) is 25.1 Å². The summed E-state index contributed by atoms with van der Waals surface area (Å²) in [5.74, 6) is 0.353. The van der Waals surface area contributed by atoms with Gasteiger partial charge in [0.25, 0.3) is 0 Å². The minimum absolute atomic E-state index is 0.0753. The lowest BCUT2D eigenvalue weighted by Gasteiger charge is -2.39. The van der Waals surface area contributed by atoms with Gasteiger partial charge < -0.3 is 4.90 Å². The molecule has 1 aromatic heterocycles. The summed E-state index contributed by atoms with van der Waals surface area (Å²) >= 11 is 0. The van der Waals surface area contributed by atoms with Gasteiger partial charge in [0.15, 0.2) is 0 Å². The van der Waals surface area contributed by atoms with Gasteiger partial charge in [0.05, 0.1) is 17.3 Å². The van der Waals surface area contributed by atoms with Crippen LogP contribution in [0.15, 0.2) is 24.3 Å². The Morgan fingerprint density at radius 2 is 2.10 bits per heavy atom. The van der Waals surface area contributed by atoms with Gasteiger partial charge in [-0.3, -0.25) is 14.2 Å². The predicted octanol–water partition coefficient (Wildman–Crippen LogP) is 2.91. The zero-order chi connectivity index (χ0) is 14.6. The Balaban J connectivity index is 1.98. The smallest absolute Gasteiger partial charge is 0.231 e. The molecule has 0 N–H and O–H groups in total. The highest BCUT2D eigenvalue weighted by molar-refractivity contribution is 5.97. The van der Waals surface area contributed by atoms with Crippen molar-refractivity contribution < 1.29 is 9.59 Å². The van der Waals surface area contributed by atoms with Crippen molar-refractivity contribution in [1.82, 2.24) is 9.47 Å². The molecule has 0 bridgehead atoms. The second-order valence-electron chi connectivity index (χ2n) is 5.86. The molecule has 2 aromatic rings. The van der Waals surface area contributed by atoms with Gasteiger partial charge in [0.2, 0.25) is 11.8 Å². The number of hydrogen-bond acceptors (Lipinski definition) is 2. The number of hydrogen-bond donors (Lipinski definition) is 0. The molecular formula is C17H18N2O2. The van der Waals surface area contributed by atoms with Crippen molar-refractivity contribution in [3.05, 3.63) is 35.5 Å². The first-order valence-electron chi connectivity index (χ1n) is 7.67. The van der Waals surface area contributed by atoms with Crippen molar-refractivity contribution in [3.63, 3.8) is 0 Å². The molecule has 1 aromatic carbocycles. The third kappa shape index (κ3) is 1.62. The summed E-state index contributed by atoms with van der Waals surface area (Å²) in [6, 6.07) is 8.18. The van der Waals surface area contributed by atoms with Crippen molar-refractivity contribution in [1.29, 1.82) is 0 Å². The number of para-hydroxylation sites is 1. The van der Waals surface area contributed by atoms with Crippen LogP contribution < -0.4 is 0 Å². The number of fused-ring (bicyclic) bond motifs is 3. The van der Waals surface area contributed by atoms with Crippen LogP contribution in [-0.4, -0.2) is 27.8 Å². The lowest BCUT2D eigenvalue weighted by Crippen LogP contribution is -2.43. The van der Waals surface area contributed by atoms with Gasteiger partial charge in [-0.15, -0.1) is 0 Å². The van der Waals surface area contributed by atoms with E-state index in [2.05, 4.69) is 6.07 Å². The molecule has 0 saturated carbocycles. The average molecular weight is 282 g/mol. The standard InChI is InChI=1S/C17H18N2O2/c1-2-15(20)18-10-9-12-11-5-3-4-6-13(11)19-16(21)8-7-14(18)17(12)19/h3-6,14H,2,7-10H2,1H3. The zero-order valence-electron chi connectivity index (χ0n) is 12.1. The first kappa shape index (κ1) is 12.6. The van der Waals surface area contributed by atoms with E-state index in [1.165, 1.54) is 10.9 Å². The first-order chi connectivity index (χ1) is 10.2. The van der Waals surface area contributed by atoms with Gasteiger partial charge in [-0.25, -0.2) is 0 Å². The molecule has 108 valence electrons. The molecule has 1 amide bonds. The fourth-order valence-corrected chi connectivity index (χ4v) is 3.91. The highest BCUT2D eigenvalue weighted by Crippen LogP contribution is 2.42. The molecule has 0 fully saturated rings. The fourth-order valence-electron chi connectivity index (χ4n) is 3.91. The highest BCUT2D eigenvalue weighted by Gasteiger charge is 2.38. The molecule has 0 spiro atoms. The van der Waals surface area contributed by atoms with Crippen LogP contribution in [0.3, 0.4) is 0 Å². The lowest BCUT2D eigenvalue weighted by molar-refractivity contribution is -0.134. The average Bonchev–Trinajstić information content (AvgIpc) is 2.86. The second kappa shape index (κ2) is 4.45. The van der Waals surface area contributed by atoms with Crippen LogP contribution in [0.25, 0.3) is 10.9 Å². The van der Waals surface area contributed by atoms with Gasteiger partial charge in [-0.05, 0) is 24.5 Å². The van der Waals surface area contributed by atoms with Crippen LogP contribution >= 0.6 is 0 Å². The van der Waals surface area contributed by atoms with Crippen LogP contribution in [0, 0.1) is 0 Å². The van der Waals surface area contributed by atoms with E-state index in [4.69, 9.17) is 0 Å². The zero-order valence-corrected chi connectivity index (χ0v) is 12.1. The van der Waals surface area contributed by atoms with Crippen LogP contribution in [-0.2, 0) is 11.2 Å². The van der Waals surface area contributed by atoms with E-state index in [1.807, 2.05) is 34.6 Å². The number of rotatable bonds is 1. The summed E-state index contributed by atoms with van der Waals surface area (Å²) in [5.41, 5.74) is 3.34. The summed E-state index contributed by atoms with van der Waals surface area (Å²) in [4.78, 5) is 26.6. The monoisotopic (exact) mass is 282 g/mol. The van der Waals surface area contributed by atoms with Crippen molar-refractivity contribution in [3.8, 4) is 0 Å². The Labute approximate surface area is 123 Å². The minimum Gasteiger partial charge on any atom is -0.334 e. The molecule has 2 aliphatic heterocycles. The third-order valence-electron chi connectivity index (χ3n) is 4.82. The molecule has 2 aliphatic rings. The van der Waals surface area contributed by atoms with Crippen LogP contribution in [0.4, 0.5) is 0 Å². The maximum Gasteiger partial charge on any atom is 0.231 e. The normalized spacial score (nSPS) is 20.7. The van der Waals surface area contributed by atoms with E-state index >= 15 is 0 Å². The number of aromatic nitrogens is 1.